The molecular weight excluding hydrogens is 244 g/mol. The molecule has 0 aliphatic rings. The molecule has 0 radical (unpaired) electrons. The Labute approximate surface area is 111 Å². The zero-order chi connectivity index (χ0) is 14.2. The number of aryl methyl sites for hydroxylation is 1. The average Bonchev–Trinajstić information content (AvgIpc) is 2.66. The summed E-state index contributed by atoms with van der Waals surface area (Å²) in [5.74, 6) is -0.184. The summed E-state index contributed by atoms with van der Waals surface area (Å²) in [4.78, 5) is 17.3. The van der Waals surface area contributed by atoms with Gasteiger partial charge in [-0.3, -0.25) is 4.79 Å². The zero-order valence-electron chi connectivity index (χ0n) is 11.6. The van der Waals surface area contributed by atoms with Crippen molar-refractivity contribution >= 4 is 22.8 Å². The minimum absolute atomic E-state index is 0.418. The van der Waals surface area contributed by atoms with Crippen LogP contribution in [0.3, 0.4) is 0 Å². The Bertz CT molecular complexity index is 616. The predicted octanol–water partition coefficient (Wildman–Crippen LogP) is 2.68. The SMILES string of the molecule is Cc1nc2ccc(N(C)CC(C)(C)C(=O)O)cc2o1. The number of carboxylic acid groups (broad SMARTS) is 1. The Morgan fingerprint density at radius 3 is 2.79 bits per heavy atom. The van der Waals surface area contributed by atoms with Crippen molar-refractivity contribution in [2.75, 3.05) is 18.5 Å². The number of fused-ring (bicyclic) bond motifs is 1. The second-order valence-corrected chi connectivity index (χ2v) is 5.43. The number of nitrogens with zero attached hydrogens (tertiary/aromatic N) is 2. The summed E-state index contributed by atoms with van der Waals surface area (Å²) in [6, 6.07) is 5.68. The number of aromatic nitrogens is 1. The van der Waals surface area contributed by atoms with Crippen LogP contribution in [0, 0.1) is 12.3 Å². The lowest BCUT2D eigenvalue weighted by Crippen LogP contribution is -2.37. The standard InChI is InChI=1S/C14H18N2O3/c1-9-15-11-6-5-10(7-12(11)19-9)16(4)8-14(2,3)13(17)18/h5-7H,8H2,1-4H3,(H,17,18). The second-order valence-electron chi connectivity index (χ2n) is 5.43. The summed E-state index contributed by atoms with van der Waals surface area (Å²) in [7, 11) is 1.87. The molecule has 0 saturated carbocycles. The van der Waals surface area contributed by atoms with E-state index in [2.05, 4.69) is 4.98 Å². The number of carboxylic acids is 1. The topological polar surface area (TPSA) is 66.6 Å². The molecule has 2 rings (SSSR count). The highest BCUT2D eigenvalue weighted by Gasteiger charge is 2.28. The van der Waals surface area contributed by atoms with Crippen LogP contribution in [0.2, 0.25) is 0 Å². The van der Waals surface area contributed by atoms with E-state index in [1.807, 2.05) is 30.1 Å². The third kappa shape index (κ3) is 2.70. The van der Waals surface area contributed by atoms with Crippen molar-refractivity contribution in [3.05, 3.63) is 24.1 Å². The molecule has 0 bridgehead atoms. The van der Waals surface area contributed by atoms with E-state index >= 15 is 0 Å². The lowest BCUT2D eigenvalue weighted by Gasteiger charge is -2.28. The van der Waals surface area contributed by atoms with E-state index in [-0.39, 0.29) is 0 Å². The molecule has 0 atom stereocenters. The number of hydrogen-bond donors (Lipinski definition) is 1. The predicted molar refractivity (Wildman–Crippen MR) is 73.4 cm³/mol. The van der Waals surface area contributed by atoms with E-state index in [0.717, 1.165) is 16.8 Å². The highest BCUT2D eigenvalue weighted by molar-refractivity contribution is 5.78. The maximum Gasteiger partial charge on any atom is 0.310 e. The summed E-state index contributed by atoms with van der Waals surface area (Å²) in [5, 5.41) is 9.16. The van der Waals surface area contributed by atoms with Crippen LogP contribution < -0.4 is 4.90 Å². The summed E-state index contributed by atoms with van der Waals surface area (Å²) in [6.07, 6.45) is 0. The van der Waals surface area contributed by atoms with E-state index in [0.29, 0.717) is 12.4 Å². The quantitative estimate of drug-likeness (QED) is 0.917. The van der Waals surface area contributed by atoms with Crippen molar-refractivity contribution in [1.29, 1.82) is 0 Å². The number of hydrogen-bond acceptors (Lipinski definition) is 4. The molecule has 1 aromatic carbocycles. The molecule has 1 aromatic heterocycles. The summed E-state index contributed by atoms with van der Waals surface area (Å²) in [5.41, 5.74) is 1.64. The van der Waals surface area contributed by atoms with Crippen LogP contribution in [-0.4, -0.2) is 29.7 Å². The number of rotatable bonds is 4. The van der Waals surface area contributed by atoms with Crippen LogP contribution >= 0.6 is 0 Å². The molecule has 0 aliphatic heterocycles. The van der Waals surface area contributed by atoms with Crippen molar-refractivity contribution in [1.82, 2.24) is 4.98 Å². The molecular formula is C14H18N2O3. The molecule has 1 N–H and O–H groups in total. The van der Waals surface area contributed by atoms with E-state index in [1.165, 1.54) is 0 Å². The minimum atomic E-state index is -0.809. The smallest absolute Gasteiger partial charge is 0.310 e. The van der Waals surface area contributed by atoms with Gasteiger partial charge < -0.3 is 14.4 Å². The van der Waals surface area contributed by atoms with E-state index in [1.54, 1.807) is 20.8 Å². The first kappa shape index (κ1) is 13.4. The van der Waals surface area contributed by atoms with E-state index in [4.69, 9.17) is 9.52 Å². The summed E-state index contributed by atoms with van der Waals surface area (Å²) < 4.78 is 5.48. The minimum Gasteiger partial charge on any atom is -0.481 e. The third-order valence-electron chi connectivity index (χ3n) is 3.13. The Balaban J connectivity index is 2.26. The fraction of sp³-hybridized carbons (Fsp3) is 0.429. The lowest BCUT2D eigenvalue weighted by atomic mass is 9.93. The zero-order valence-corrected chi connectivity index (χ0v) is 11.6. The van der Waals surface area contributed by atoms with Gasteiger partial charge in [-0.25, -0.2) is 4.98 Å². The Hall–Kier alpha value is -2.04. The fourth-order valence-electron chi connectivity index (χ4n) is 2.02. The number of carbonyl (C=O) groups is 1. The summed E-state index contributed by atoms with van der Waals surface area (Å²) in [6.45, 7) is 5.64. The first-order chi connectivity index (χ1) is 8.79. The molecule has 0 amide bonds. The third-order valence-corrected chi connectivity index (χ3v) is 3.13. The van der Waals surface area contributed by atoms with Gasteiger partial charge in [0.25, 0.3) is 0 Å². The number of aliphatic carboxylic acids is 1. The largest absolute Gasteiger partial charge is 0.481 e. The van der Waals surface area contributed by atoms with Crippen LogP contribution in [0.5, 0.6) is 0 Å². The Kier molecular flexibility index (Phi) is 3.22. The highest BCUT2D eigenvalue weighted by Crippen LogP contribution is 2.25. The molecule has 5 heteroatoms. The molecule has 0 aliphatic carbocycles. The molecule has 5 nitrogen and oxygen atoms in total. The first-order valence-electron chi connectivity index (χ1n) is 6.11. The molecule has 0 fully saturated rings. The molecule has 102 valence electrons. The van der Waals surface area contributed by atoms with Gasteiger partial charge in [-0.15, -0.1) is 0 Å². The summed E-state index contributed by atoms with van der Waals surface area (Å²) >= 11 is 0. The molecule has 1 heterocycles. The van der Waals surface area contributed by atoms with Gasteiger partial charge in [0, 0.05) is 32.3 Å². The number of benzene rings is 1. The first-order valence-corrected chi connectivity index (χ1v) is 6.11. The number of anilines is 1. The van der Waals surface area contributed by atoms with Crippen molar-refractivity contribution in [3.8, 4) is 0 Å². The van der Waals surface area contributed by atoms with Crippen LogP contribution in [-0.2, 0) is 4.79 Å². The monoisotopic (exact) mass is 262 g/mol. The maximum atomic E-state index is 11.1. The van der Waals surface area contributed by atoms with E-state index in [9.17, 15) is 4.79 Å². The molecule has 0 saturated heterocycles. The normalized spacial score (nSPS) is 11.8. The van der Waals surface area contributed by atoms with Gasteiger partial charge in [-0.05, 0) is 26.0 Å². The van der Waals surface area contributed by atoms with Gasteiger partial charge >= 0.3 is 5.97 Å². The van der Waals surface area contributed by atoms with Crippen molar-refractivity contribution in [2.45, 2.75) is 20.8 Å². The Morgan fingerprint density at radius 1 is 1.47 bits per heavy atom. The lowest BCUT2D eigenvalue weighted by molar-refractivity contribution is -0.146. The van der Waals surface area contributed by atoms with Crippen LogP contribution in [0.15, 0.2) is 22.6 Å². The molecule has 0 spiro atoms. The highest BCUT2D eigenvalue weighted by atomic mass is 16.4. The van der Waals surface area contributed by atoms with Crippen molar-refractivity contribution < 1.29 is 14.3 Å². The van der Waals surface area contributed by atoms with Crippen LogP contribution in [0.1, 0.15) is 19.7 Å². The van der Waals surface area contributed by atoms with Gasteiger partial charge in [0.15, 0.2) is 11.5 Å². The van der Waals surface area contributed by atoms with Crippen molar-refractivity contribution in [2.24, 2.45) is 5.41 Å². The van der Waals surface area contributed by atoms with Gasteiger partial charge in [0.05, 0.1) is 5.41 Å². The van der Waals surface area contributed by atoms with E-state index < -0.39 is 11.4 Å². The Morgan fingerprint density at radius 2 is 2.16 bits per heavy atom. The molecule has 0 unspecified atom stereocenters. The molecule has 19 heavy (non-hydrogen) atoms. The second kappa shape index (κ2) is 4.57. The fourth-order valence-corrected chi connectivity index (χ4v) is 2.02. The van der Waals surface area contributed by atoms with Crippen LogP contribution in [0.25, 0.3) is 11.1 Å². The van der Waals surface area contributed by atoms with Gasteiger partial charge in [-0.1, -0.05) is 0 Å². The van der Waals surface area contributed by atoms with Gasteiger partial charge in [0.1, 0.15) is 5.52 Å². The number of oxazole rings is 1. The molecule has 2 aromatic rings. The maximum absolute atomic E-state index is 11.1. The van der Waals surface area contributed by atoms with Gasteiger partial charge in [0.2, 0.25) is 0 Å². The average molecular weight is 262 g/mol. The van der Waals surface area contributed by atoms with Gasteiger partial charge in [-0.2, -0.15) is 0 Å². The van der Waals surface area contributed by atoms with Crippen molar-refractivity contribution in [3.63, 3.8) is 0 Å². The van der Waals surface area contributed by atoms with Crippen LogP contribution in [0.4, 0.5) is 5.69 Å².